The summed E-state index contributed by atoms with van der Waals surface area (Å²) in [6.07, 6.45) is 0.463. The number of aromatic nitrogens is 2. The first-order valence-electron chi connectivity index (χ1n) is 8.09. The highest BCUT2D eigenvalue weighted by molar-refractivity contribution is 5.67. The summed E-state index contributed by atoms with van der Waals surface area (Å²) < 4.78 is 7.06. The Morgan fingerprint density at radius 2 is 1.80 bits per heavy atom. The van der Waals surface area contributed by atoms with Crippen LogP contribution in [0, 0.1) is 6.92 Å². The van der Waals surface area contributed by atoms with E-state index in [1.165, 1.54) is 5.56 Å². The predicted octanol–water partition coefficient (Wildman–Crippen LogP) is 3.87. The van der Waals surface area contributed by atoms with Gasteiger partial charge in [-0.2, -0.15) is 5.10 Å². The SMILES string of the molecule is COc1ccc(-n2nc(CCC(=O)O)cc2-c2ccc(C)cc2)cc1. The van der Waals surface area contributed by atoms with Gasteiger partial charge < -0.3 is 9.84 Å². The molecule has 1 heterocycles. The normalized spacial score (nSPS) is 10.6. The van der Waals surface area contributed by atoms with Crippen LogP contribution >= 0.6 is 0 Å². The Labute approximate surface area is 146 Å². The molecule has 0 bridgehead atoms. The summed E-state index contributed by atoms with van der Waals surface area (Å²) in [6.45, 7) is 2.04. The molecule has 0 spiro atoms. The first kappa shape index (κ1) is 16.8. The summed E-state index contributed by atoms with van der Waals surface area (Å²) in [5.41, 5.74) is 4.82. The zero-order valence-electron chi connectivity index (χ0n) is 14.3. The van der Waals surface area contributed by atoms with E-state index in [0.29, 0.717) is 6.42 Å². The highest BCUT2D eigenvalue weighted by atomic mass is 16.5. The van der Waals surface area contributed by atoms with Crippen molar-refractivity contribution in [3.8, 4) is 22.7 Å². The third-order valence-electron chi connectivity index (χ3n) is 4.02. The summed E-state index contributed by atoms with van der Waals surface area (Å²) >= 11 is 0. The lowest BCUT2D eigenvalue weighted by Crippen LogP contribution is -2.01. The van der Waals surface area contributed by atoms with Gasteiger partial charge in [-0.15, -0.1) is 0 Å². The first-order valence-corrected chi connectivity index (χ1v) is 8.09. The zero-order valence-corrected chi connectivity index (χ0v) is 14.3. The quantitative estimate of drug-likeness (QED) is 0.742. The molecule has 0 saturated heterocycles. The lowest BCUT2D eigenvalue weighted by Gasteiger charge is -2.09. The largest absolute Gasteiger partial charge is 0.497 e. The Morgan fingerprint density at radius 1 is 1.12 bits per heavy atom. The van der Waals surface area contributed by atoms with Crippen LogP contribution in [0.15, 0.2) is 54.6 Å². The van der Waals surface area contributed by atoms with E-state index in [-0.39, 0.29) is 6.42 Å². The summed E-state index contributed by atoms with van der Waals surface area (Å²) in [7, 11) is 1.63. The van der Waals surface area contributed by atoms with Crippen LogP contribution in [0.5, 0.6) is 5.75 Å². The van der Waals surface area contributed by atoms with Gasteiger partial charge in [0.05, 0.1) is 30.6 Å². The summed E-state index contributed by atoms with van der Waals surface area (Å²) in [4.78, 5) is 10.9. The number of carboxylic acid groups (broad SMARTS) is 1. The number of carbonyl (C=O) groups is 1. The van der Waals surface area contributed by atoms with Crippen LogP contribution in [0.4, 0.5) is 0 Å². The van der Waals surface area contributed by atoms with E-state index >= 15 is 0 Å². The van der Waals surface area contributed by atoms with Gasteiger partial charge in [0.15, 0.2) is 0 Å². The van der Waals surface area contributed by atoms with Gasteiger partial charge >= 0.3 is 5.97 Å². The van der Waals surface area contributed by atoms with Gasteiger partial charge in [0, 0.05) is 12.0 Å². The lowest BCUT2D eigenvalue weighted by atomic mass is 10.1. The molecule has 1 aromatic heterocycles. The second-order valence-corrected chi connectivity index (χ2v) is 5.89. The van der Waals surface area contributed by atoms with Crippen molar-refractivity contribution in [2.45, 2.75) is 19.8 Å². The Bertz CT molecular complexity index is 865. The van der Waals surface area contributed by atoms with Crippen molar-refractivity contribution in [1.29, 1.82) is 0 Å². The number of nitrogens with zero attached hydrogens (tertiary/aromatic N) is 2. The van der Waals surface area contributed by atoms with E-state index in [0.717, 1.165) is 28.4 Å². The van der Waals surface area contributed by atoms with Gasteiger partial charge in [-0.1, -0.05) is 29.8 Å². The highest BCUT2D eigenvalue weighted by Crippen LogP contribution is 2.26. The lowest BCUT2D eigenvalue weighted by molar-refractivity contribution is -0.136. The molecule has 25 heavy (non-hydrogen) atoms. The number of carboxylic acids is 1. The van der Waals surface area contributed by atoms with E-state index in [1.54, 1.807) is 7.11 Å². The number of methoxy groups -OCH3 is 1. The van der Waals surface area contributed by atoms with E-state index < -0.39 is 5.97 Å². The monoisotopic (exact) mass is 336 g/mol. The maximum atomic E-state index is 10.9. The van der Waals surface area contributed by atoms with Crippen molar-refractivity contribution >= 4 is 5.97 Å². The van der Waals surface area contributed by atoms with Crippen LogP contribution in [0.3, 0.4) is 0 Å². The summed E-state index contributed by atoms with van der Waals surface area (Å²) in [6, 6.07) is 17.8. The number of hydrogen-bond acceptors (Lipinski definition) is 3. The average Bonchev–Trinajstić information content (AvgIpc) is 3.05. The van der Waals surface area contributed by atoms with Crippen molar-refractivity contribution in [2.24, 2.45) is 0 Å². The van der Waals surface area contributed by atoms with E-state index in [4.69, 9.17) is 9.84 Å². The van der Waals surface area contributed by atoms with Crippen LogP contribution in [0.2, 0.25) is 0 Å². The van der Waals surface area contributed by atoms with Gasteiger partial charge in [0.1, 0.15) is 5.75 Å². The molecule has 3 aromatic rings. The third-order valence-corrected chi connectivity index (χ3v) is 4.02. The molecule has 0 aliphatic heterocycles. The van der Waals surface area contributed by atoms with Gasteiger partial charge in [-0.3, -0.25) is 4.79 Å². The fraction of sp³-hybridized carbons (Fsp3) is 0.200. The molecule has 1 N–H and O–H groups in total. The van der Waals surface area contributed by atoms with E-state index in [1.807, 2.05) is 54.1 Å². The molecule has 5 heteroatoms. The maximum absolute atomic E-state index is 10.9. The van der Waals surface area contributed by atoms with Crippen LogP contribution in [0.1, 0.15) is 17.7 Å². The minimum Gasteiger partial charge on any atom is -0.497 e. The number of rotatable bonds is 6. The van der Waals surface area contributed by atoms with Gasteiger partial charge in [0.2, 0.25) is 0 Å². The number of aryl methyl sites for hydroxylation is 2. The van der Waals surface area contributed by atoms with Gasteiger partial charge in [-0.25, -0.2) is 4.68 Å². The molecular formula is C20H20N2O3. The Kier molecular flexibility index (Phi) is 4.84. The number of aliphatic carboxylic acids is 1. The molecule has 0 fully saturated rings. The van der Waals surface area contributed by atoms with Crippen molar-refractivity contribution in [3.63, 3.8) is 0 Å². The second kappa shape index (κ2) is 7.21. The molecule has 0 aliphatic rings. The predicted molar refractivity (Wildman–Crippen MR) is 96.2 cm³/mol. The van der Waals surface area contributed by atoms with Crippen molar-refractivity contribution in [2.75, 3.05) is 7.11 Å². The Balaban J connectivity index is 2.03. The number of ether oxygens (including phenoxy) is 1. The minimum absolute atomic E-state index is 0.0625. The van der Waals surface area contributed by atoms with E-state index in [9.17, 15) is 4.79 Å². The number of benzene rings is 2. The van der Waals surface area contributed by atoms with Crippen LogP contribution < -0.4 is 4.74 Å². The van der Waals surface area contributed by atoms with Crippen molar-refractivity contribution in [3.05, 3.63) is 65.9 Å². The van der Waals surface area contributed by atoms with Crippen LogP contribution in [-0.4, -0.2) is 28.0 Å². The molecular weight excluding hydrogens is 316 g/mol. The summed E-state index contributed by atoms with van der Waals surface area (Å²) in [5.74, 6) is -0.0465. The fourth-order valence-corrected chi connectivity index (χ4v) is 2.64. The molecule has 0 atom stereocenters. The fourth-order valence-electron chi connectivity index (χ4n) is 2.64. The van der Waals surface area contributed by atoms with Crippen LogP contribution in [0.25, 0.3) is 16.9 Å². The van der Waals surface area contributed by atoms with Crippen molar-refractivity contribution < 1.29 is 14.6 Å². The average molecular weight is 336 g/mol. The molecule has 2 aromatic carbocycles. The van der Waals surface area contributed by atoms with Gasteiger partial charge in [-0.05, 0) is 37.3 Å². The van der Waals surface area contributed by atoms with E-state index in [2.05, 4.69) is 17.2 Å². The third kappa shape index (κ3) is 3.88. The molecule has 0 radical (unpaired) electrons. The molecule has 3 rings (SSSR count). The topological polar surface area (TPSA) is 64.4 Å². The molecule has 5 nitrogen and oxygen atoms in total. The Morgan fingerprint density at radius 3 is 2.40 bits per heavy atom. The van der Waals surface area contributed by atoms with Crippen LogP contribution in [-0.2, 0) is 11.2 Å². The van der Waals surface area contributed by atoms with Gasteiger partial charge in [0.25, 0.3) is 0 Å². The molecule has 0 unspecified atom stereocenters. The zero-order chi connectivity index (χ0) is 17.8. The first-order chi connectivity index (χ1) is 12.1. The maximum Gasteiger partial charge on any atom is 0.303 e. The van der Waals surface area contributed by atoms with Crippen molar-refractivity contribution in [1.82, 2.24) is 9.78 Å². The minimum atomic E-state index is -0.823. The summed E-state index contributed by atoms with van der Waals surface area (Å²) in [5, 5.41) is 13.5. The second-order valence-electron chi connectivity index (χ2n) is 5.89. The molecule has 128 valence electrons. The standard InChI is InChI=1S/C20H20N2O3/c1-14-3-5-15(6-4-14)19-13-16(7-12-20(23)24)21-22(19)17-8-10-18(25-2)11-9-17/h3-6,8-11,13H,7,12H2,1-2H3,(H,23,24). The smallest absolute Gasteiger partial charge is 0.303 e. The highest BCUT2D eigenvalue weighted by Gasteiger charge is 2.13. The molecule has 0 saturated carbocycles. The Hall–Kier alpha value is -3.08. The number of hydrogen-bond donors (Lipinski definition) is 1. The molecule has 0 amide bonds. The molecule has 0 aliphatic carbocycles.